The van der Waals surface area contributed by atoms with Gasteiger partial charge in [-0.3, -0.25) is 0 Å². The molecule has 0 spiro atoms. The summed E-state index contributed by atoms with van der Waals surface area (Å²) in [5, 5.41) is 0. The van der Waals surface area contributed by atoms with Crippen molar-refractivity contribution in [2.45, 2.75) is 78.6 Å². The molecule has 6 rings (SSSR count). The molecule has 0 atom stereocenters. The summed E-state index contributed by atoms with van der Waals surface area (Å²) in [6.07, 6.45) is 0. The van der Waals surface area contributed by atoms with Crippen molar-refractivity contribution in [3.8, 4) is 0 Å². The molecule has 0 aliphatic carbocycles. The van der Waals surface area contributed by atoms with Crippen LogP contribution in [-0.2, 0) is 16.2 Å². The maximum atomic E-state index is 2.55. The summed E-state index contributed by atoms with van der Waals surface area (Å²) in [7, 11) is 0. The highest BCUT2D eigenvalue weighted by molar-refractivity contribution is 6.99. The van der Waals surface area contributed by atoms with E-state index in [0.29, 0.717) is 0 Å². The zero-order chi connectivity index (χ0) is 27.2. The van der Waals surface area contributed by atoms with Crippen LogP contribution in [0.25, 0.3) is 0 Å². The van der Waals surface area contributed by atoms with Crippen molar-refractivity contribution in [2.75, 3.05) is 4.90 Å². The van der Waals surface area contributed by atoms with Gasteiger partial charge >= 0.3 is 0 Å². The van der Waals surface area contributed by atoms with Gasteiger partial charge in [-0.15, -0.1) is 0 Å². The van der Waals surface area contributed by atoms with Gasteiger partial charge in [-0.25, -0.2) is 0 Å². The molecule has 0 bridgehead atoms. The Morgan fingerprint density at radius 3 is 1.92 bits per heavy atom. The highest BCUT2D eigenvalue weighted by Crippen LogP contribution is 2.45. The average molecular weight is 498 g/mol. The third kappa shape index (κ3) is 3.68. The van der Waals surface area contributed by atoms with Crippen LogP contribution in [0.1, 0.15) is 83.2 Å². The van der Waals surface area contributed by atoms with Gasteiger partial charge in [0.25, 0.3) is 0 Å². The van der Waals surface area contributed by atoms with Crippen LogP contribution in [0.4, 0.5) is 17.1 Å². The van der Waals surface area contributed by atoms with Gasteiger partial charge in [-0.1, -0.05) is 121 Å². The third-order valence-electron chi connectivity index (χ3n) is 8.91. The van der Waals surface area contributed by atoms with Crippen molar-refractivity contribution in [1.29, 1.82) is 0 Å². The van der Waals surface area contributed by atoms with Crippen LogP contribution in [0, 0.1) is 6.92 Å². The van der Waals surface area contributed by atoms with Crippen molar-refractivity contribution >= 4 is 40.2 Å². The number of aryl methyl sites for hydroxylation is 1. The van der Waals surface area contributed by atoms with E-state index in [1.54, 1.807) is 0 Å². The van der Waals surface area contributed by atoms with Crippen LogP contribution in [0.15, 0.2) is 78.9 Å². The Morgan fingerprint density at radius 1 is 0.632 bits per heavy atom. The lowest BCUT2D eigenvalue weighted by molar-refractivity contribution is 0.583. The summed E-state index contributed by atoms with van der Waals surface area (Å²) in [6, 6.07) is 30.5. The van der Waals surface area contributed by atoms with Gasteiger partial charge in [0.1, 0.15) is 0 Å². The van der Waals surface area contributed by atoms with E-state index in [4.69, 9.17) is 0 Å². The monoisotopic (exact) mass is 497 g/mol. The largest absolute Gasteiger partial charge is 0.311 e. The zero-order valence-corrected chi connectivity index (χ0v) is 24.5. The first-order valence-corrected chi connectivity index (χ1v) is 14.1. The summed E-state index contributed by atoms with van der Waals surface area (Å²) in [4.78, 5) is 2.55. The van der Waals surface area contributed by atoms with E-state index in [0.717, 1.165) is 0 Å². The molecular formula is C36H40BN. The Morgan fingerprint density at radius 2 is 1.26 bits per heavy atom. The number of benzene rings is 4. The molecule has 2 heterocycles. The van der Waals surface area contributed by atoms with Gasteiger partial charge in [0, 0.05) is 22.5 Å². The fourth-order valence-corrected chi connectivity index (χ4v) is 6.57. The Balaban J connectivity index is 1.77. The summed E-state index contributed by atoms with van der Waals surface area (Å²) < 4.78 is 0. The van der Waals surface area contributed by atoms with Gasteiger partial charge in [-0.05, 0) is 75.2 Å². The van der Waals surface area contributed by atoms with Gasteiger partial charge in [0.2, 0.25) is 6.71 Å². The molecule has 4 aromatic carbocycles. The summed E-state index contributed by atoms with van der Waals surface area (Å²) in [5.41, 5.74) is 15.2. The van der Waals surface area contributed by atoms with Crippen LogP contribution in [-0.4, -0.2) is 6.71 Å². The number of fused-ring (bicyclic) bond motifs is 4. The van der Waals surface area contributed by atoms with E-state index in [9.17, 15) is 0 Å². The van der Waals surface area contributed by atoms with E-state index in [1.807, 2.05) is 0 Å². The minimum absolute atomic E-state index is 0.0422. The Kier molecular flexibility index (Phi) is 5.35. The van der Waals surface area contributed by atoms with E-state index >= 15 is 0 Å². The molecule has 0 saturated carbocycles. The van der Waals surface area contributed by atoms with Crippen LogP contribution >= 0.6 is 0 Å². The van der Waals surface area contributed by atoms with Gasteiger partial charge in [0.05, 0.1) is 0 Å². The van der Waals surface area contributed by atoms with E-state index in [2.05, 4.69) is 146 Å². The van der Waals surface area contributed by atoms with Crippen molar-refractivity contribution in [3.05, 3.63) is 107 Å². The molecule has 0 saturated heterocycles. The number of anilines is 3. The average Bonchev–Trinajstić information content (AvgIpc) is 2.85. The van der Waals surface area contributed by atoms with Crippen molar-refractivity contribution in [1.82, 2.24) is 0 Å². The lowest BCUT2D eigenvalue weighted by Gasteiger charge is -2.46. The van der Waals surface area contributed by atoms with Crippen LogP contribution in [0.3, 0.4) is 0 Å². The van der Waals surface area contributed by atoms with Crippen molar-refractivity contribution in [3.63, 3.8) is 0 Å². The second-order valence-electron chi connectivity index (χ2n) is 14.0. The minimum Gasteiger partial charge on any atom is -0.311 e. The lowest BCUT2D eigenvalue weighted by atomic mass is 9.30. The molecular weight excluding hydrogens is 457 g/mol. The van der Waals surface area contributed by atoms with Crippen molar-refractivity contribution in [2.24, 2.45) is 0 Å². The molecule has 1 nitrogen and oxygen atoms in total. The number of nitrogens with zero attached hydrogens (tertiary/aromatic N) is 1. The molecule has 2 aliphatic heterocycles. The predicted molar refractivity (Wildman–Crippen MR) is 166 cm³/mol. The van der Waals surface area contributed by atoms with E-state index in [1.165, 1.54) is 61.3 Å². The molecule has 38 heavy (non-hydrogen) atoms. The number of rotatable bonds is 1. The summed E-state index contributed by atoms with van der Waals surface area (Å²) in [6.45, 7) is 21.2. The molecule has 0 fully saturated rings. The Bertz CT molecular complexity index is 1560. The third-order valence-corrected chi connectivity index (χ3v) is 8.91. The molecule has 0 amide bonds. The molecule has 0 unspecified atom stereocenters. The molecule has 0 radical (unpaired) electrons. The van der Waals surface area contributed by atoms with Gasteiger partial charge in [-0.2, -0.15) is 0 Å². The van der Waals surface area contributed by atoms with E-state index in [-0.39, 0.29) is 23.0 Å². The second-order valence-corrected chi connectivity index (χ2v) is 14.0. The maximum Gasteiger partial charge on any atom is 0.247 e. The molecule has 192 valence electrons. The van der Waals surface area contributed by atoms with Crippen LogP contribution in [0.2, 0.25) is 0 Å². The summed E-state index contributed by atoms with van der Waals surface area (Å²) >= 11 is 0. The standard InChI is InChI=1S/C36H40BN/c1-23-14-17-26(18-15-23)38-31-21-24(34(2,3)4)16-19-30(31)37-29-13-11-10-12-27(29)36(8,9)28-20-25(35(5,6)7)22-32(38)33(28)37/h10-22H,1-9H3. The first-order valence-electron chi connectivity index (χ1n) is 14.1. The molecule has 4 aromatic rings. The number of hydrogen-bond acceptors (Lipinski definition) is 1. The topological polar surface area (TPSA) is 3.24 Å². The minimum atomic E-state index is -0.0831. The predicted octanol–water partition coefficient (Wildman–Crippen LogP) is 7.53. The van der Waals surface area contributed by atoms with Gasteiger partial charge in [0.15, 0.2) is 0 Å². The van der Waals surface area contributed by atoms with E-state index < -0.39 is 0 Å². The SMILES string of the molecule is Cc1ccc(N2c3cc(C(C)(C)C)ccc3B3c4ccccc4C(C)(C)c4cc(C(C)(C)C)cc2c43)cc1. The number of hydrogen-bond donors (Lipinski definition) is 0. The first-order chi connectivity index (χ1) is 17.8. The fraction of sp³-hybridized carbons (Fsp3) is 0.333. The normalized spacial score (nSPS) is 15.6. The Labute approximate surface area is 230 Å². The lowest BCUT2D eigenvalue weighted by Crippen LogP contribution is -2.64. The maximum absolute atomic E-state index is 2.55. The fourth-order valence-electron chi connectivity index (χ4n) is 6.57. The summed E-state index contributed by atoms with van der Waals surface area (Å²) in [5.74, 6) is 0. The molecule has 0 aromatic heterocycles. The quantitative estimate of drug-likeness (QED) is 0.216. The smallest absolute Gasteiger partial charge is 0.247 e. The van der Waals surface area contributed by atoms with Gasteiger partial charge < -0.3 is 4.90 Å². The zero-order valence-electron chi connectivity index (χ0n) is 24.5. The Hall–Kier alpha value is -3.26. The highest BCUT2D eigenvalue weighted by atomic mass is 15.2. The van der Waals surface area contributed by atoms with Crippen LogP contribution in [0.5, 0.6) is 0 Å². The first kappa shape index (κ1) is 25.0. The molecule has 2 aliphatic rings. The highest BCUT2D eigenvalue weighted by Gasteiger charge is 2.46. The molecule has 0 N–H and O–H groups in total. The van der Waals surface area contributed by atoms with Crippen molar-refractivity contribution < 1.29 is 0 Å². The second kappa shape index (κ2) is 8.12. The van der Waals surface area contributed by atoms with Crippen LogP contribution < -0.4 is 21.3 Å². The molecule has 2 heteroatoms.